The van der Waals surface area contributed by atoms with Gasteiger partial charge in [0.25, 0.3) is 6.43 Å². The van der Waals surface area contributed by atoms with E-state index in [1.54, 1.807) is 0 Å². The van der Waals surface area contributed by atoms with E-state index in [-0.39, 0.29) is 5.56 Å². The van der Waals surface area contributed by atoms with Crippen LogP contribution in [0.25, 0.3) is 11.0 Å². The third-order valence-electron chi connectivity index (χ3n) is 4.01. The van der Waals surface area contributed by atoms with Crippen LogP contribution in [0.15, 0.2) is 30.3 Å². The number of aromatic nitrogens is 2. The first-order valence-electron chi connectivity index (χ1n) is 7.43. The minimum atomic E-state index is -2.69. The summed E-state index contributed by atoms with van der Waals surface area (Å²) in [5.41, 5.74) is 3.79. The number of esters is 1. The Kier molecular flexibility index (Phi) is 4.05. The highest BCUT2D eigenvalue weighted by atomic mass is 19.3. The number of H-pyrrole nitrogens is 1. The van der Waals surface area contributed by atoms with Crippen LogP contribution < -0.4 is 4.74 Å². The molecule has 0 amide bonds. The molecule has 0 bridgehead atoms. The van der Waals surface area contributed by atoms with Crippen molar-refractivity contribution in [3.63, 3.8) is 0 Å². The lowest BCUT2D eigenvalue weighted by molar-refractivity contribution is 0.0732. The number of nitrogens with one attached hydrogen (secondary N) is 1. The van der Waals surface area contributed by atoms with Crippen LogP contribution in [0.4, 0.5) is 8.78 Å². The second-order valence-electron chi connectivity index (χ2n) is 5.70. The quantitative estimate of drug-likeness (QED) is 0.562. The number of benzene rings is 2. The number of hydrogen-bond acceptors (Lipinski definition) is 3. The van der Waals surface area contributed by atoms with Gasteiger partial charge in [-0.05, 0) is 55.7 Å². The standard InChI is InChI=1S/C18H16F2N2O2/c1-9-4-5-10(2)15(11(9)3)24-18(23)12-6-7-13-14(8-12)22-17(21-13)16(19)20/h4-8,16H,1-3H3,(H,21,22). The Bertz CT molecular complexity index is 932. The van der Waals surface area contributed by atoms with Crippen LogP contribution in [0.2, 0.25) is 0 Å². The molecule has 6 heteroatoms. The molecule has 0 aliphatic heterocycles. The van der Waals surface area contributed by atoms with E-state index in [0.717, 1.165) is 16.7 Å². The number of ether oxygens (including phenoxy) is 1. The van der Waals surface area contributed by atoms with Crippen molar-refractivity contribution in [2.45, 2.75) is 27.2 Å². The molecular formula is C18H16F2N2O2. The number of fused-ring (bicyclic) bond motifs is 1. The average molecular weight is 330 g/mol. The van der Waals surface area contributed by atoms with Crippen LogP contribution in [0, 0.1) is 20.8 Å². The zero-order valence-electron chi connectivity index (χ0n) is 13.5. The largest absolute Gasteiger partial charge is 0.422 e. The molecule has 24 heavy (non-hydrogen) atoms. The molecule has 0 spiro atoms. The zero-order valence-corrected chi connectivity index (χ0v) is 13.5. The topological polar surface area (TPSA) is 55.0 Å². The molecule has 2 aromatic carbocycles. The maximum absolute atomic E-state index is 12.7. The van der Waals surface area contributed by atoms with Crippen LogP contribution in [0.1, 0.15) is 39.3 Å². The highest BCUT2D eigenvalue weighted by Gasteiger charge is 2.17. The summed E-state index contributed by atoms with van der Waals surface area (Å²) in [6.07, 6.45) is -2.69. The van der Waals surface area contributed by atoms with Crippen molar-refractivity contribution in [3.8, 4) is 5.75 Å². The Labute approximate surface area is 137 Å². The van der Waals surface area contributed by atoms with Gasteiger partial charge in [0.05, 0.1) is 16.6 Å². The predicted octanol–water partition coefficient (Wildman–Crippen LogP) is 4.64. The number of carbonyl (C=O) groups excluding carboxylic acids is 1. The molecular weight excluding hydrogens is 314 g/mol. The lowest BCUT2D eigenvalue weighted by Gasteiger charge is -2.12. The SMILES string of the molecule is Cc1ccc(C)c(OC(=O)c2ccc3nc(C(F)F)[nH]c3c2)c1C. The van der Waals surface area contributed by atoms with Crippen LogP contribution in [-0.4, -0.2) is 15.9 Å². The summed E-state index contributed by atoms with van der Waals surface area (Å²) in [6.45, 7) is 5.69. The number of aryl methyl sites for hydroxylation is 2. The van der Waals surface area contributed by atoms with Crippen molar-refractivity contribution < 1.29 is 18.3 Å². The minimum absolute atomic E-state index is 0.271. The van der Waals surface area contributed by atoms with Gasteiger partial charge in [-0.3, -0.25) is 0 Å². The normalized spacial score (nSPS) is 11.2. The van der Waals surface area contributed by atoms with Gasteiger partial charge in [0, 0.05) is 0 Å². The Morgan fingerprint density at radius 2 is 1.83 bits per heavy atom. The second-order valence-corrected chi connectivity index (χ2v) is 5.70. The van der Waals surface area contributed by atoms with Gasteiger partial charge in [0.1, 0.15) is 5.75 Å². The molecule has 3 rings (SSSR count). The lowest BCUT2D eigenvalue weighted by atomic mass is 10.1. The van der Waals surface area contributed by atoms with E-state index in [0.29, 0.717) is 16.8 Å². The molecule has 3 aromatic rings. The third kappa shape index (κ3) is 2.87. The molecule has 1 heterocycles. The van der Waals surface area contributed by atoms with Gasteiger partial charge in [-0.1, -0.05) is 12.1 Å². The number of halogens is 2. The van der Waals surface area contributed by atoms with Crippen molar-refractivity contribution in [2.24, 2.45) is 0 Å². The summed E-state index contributed by atoms with van der Waals surface area (Å²) >= 11 is 0. The molecule has 4 nitrogen and oxygen atoms in total. The molecule has 0 atom stereocenters. The maximum Gasteiger partial charge on any atom is 0.343 e. The Balaban J connectivity index is 1.93. The van der Waals surface area contributed by atoms with E-state index < -0.39 is 18.2 Å². The Morgan fingerprint density at radius 3 is 2.54 bits per heavy atom. The van der Waals surface area contributed by atoms with E-state index in [4.69, 9.17) is 4.74 Å². The molecule has 0 saturated heterocycles. The number of alkyl halides is 2. The van der Waals surface area contributed by atoms with Gasteiger partial charge in [0.2, 0.25) is 0 Å². The van der Waals surface area contributed by atoms with Crippen molar-refractivity contribution >= 4 is 17.0 Å². The number of hydrogen-bond donors (Lipinski definition) is 1. The maximum atomic E-state index is 12.7. The number of carbonyl (C=O) groups is 1. The van der Waals surface area contributed by atoms with Crippen LogP contribution in [-0.2, 0) is 0 Å². The molecule has 0 saturated carbocycles. The lowest BCUT2D eigenvalue weighted by Crippen LogP contribution is -2.10. The number of aromatic amines is 1. The summed E-state index contributed by atoms with van der Waals surface area (Å²) < 4.78 is 30.9. The molecule has 124 valence electrons. The Morgan fingerprint density at radius 1 is 1.12 bits per heavy atom. The highest BCUT2D eigenvalue weighted by Crippen LogP contribution is 2.27. The zero-order chi connectivity index (χ0) is 17.4. The summed E-state index contributed by atoms with van der Waals surface area (Å²) in [5, 5.41) is 0. The van der Waals surface area contributed by atoms with Crippen molar-refractivity contribution in [1.29, 1.82) is 0 Å². The smallest absolute Gasteiger partial charge is 0.343 e. The van der Waals surface area contributed by atoms with Crippen molar-refractivity contribution in [2.75, 3.05) is 0 Å². The molecule has 0 aliphatic rings. The van der Waals surface area contributed by atoms with Gasteiger partial charge in [-0.25, -0.2) is 18.6 Å². The minimum Gasteiger partial charge on any atom is -0.422 e. The predicted molar refractivity (Wildman–Crippen MR) is 86.7 cm³/mol. The monoisotopic (exact) mass is 330 g/mol. The average Bonchev–Trinajstić information content (AvgIpc) is 2.98. The third-order valence-corrected chi connectivity index (χ3v) is 4.01. The summed E-state index contributed by atoms with van der Waals surface area (Å²) in [4.78, 5) is 18.7. The van der Waals surface area contributed by atoms with Gasteiger partial charge in [-0.15, -0.1) is 0 Å². The molecule has 1 N–H and O–H groups in total. The van der Waals surface area contributed by atoms with Gasteiger partial charge in [0.15, 0.2) is 5.82 Å². The van der Waals surface area contributed by atoms with Gasteiger partial charge < -0.3 is 9.72 Å². The number of rotatable bonds is 3. The summed E-state index contributed by atoms with van der Waals surface area (Å²) in [6, 6.07) is 8.35. The van der Waals surface area contributed by atoms with Crippen molar-refractivity contribution in [3.05, 3.63) is 58.4 Å². The fourth-order valence-electron chi connectivity index (χ4n) is 2.49. The molecule has 0 aliphatic carbocycles. The van der Waals surface area contributed by atoms with Gasteiger partial charge >= 0.3 is 5.97 Å². The molecule has 0 radical (unpaired) electrons. The van der Waals surface area contributed by atoms with E-state index in [9.17, 15) is 13.6 Å². The van der Waals surface area contributed by atoms with Crippen LogP contribution in [0.3, 0.4) is 0 Å². The number of nitrogens with zero attached hydrogens (tertiary/aromatic N) is 1. The molecule has 0 fully saturated rings. The first-order valence-corrected chi connectivity index (χ1v) is 7.43. The van der Waals surface area contributed by atoms with E-state index >= 15 is 0 Å². The Hall–Kier alpha value is -2.76. The first-order chi connectivity index (χ1) is 11.4. The summed E-state index contributed by atoms with van der Waals surface area (Å²) in [7, 11) is 0. The van der Waals surface area contributed by atoms with Crippen LogP contribution in [0.5, 0.6) is 5.75 Å². The first kappa shape index (κ1) is 16.1. The van der Waals surface area contributed by atoms with Crippen molar-refractivity contribution in [1.82, 2.24) is 9.97 Å². The van der Waals surface area contributed by atoms with Crippen LogP contribution >= 0.6 is 0 Å². The molecule has 1 aromatic heterocycles. The van der Waals surface area contributed by atoms with E-state index in [1.165, 1.54) is 18.2 Å². The highest BCUT2D eigenvalue weighted by molar-refractivity contribution is 5.95. The summed E-state index contributed by atoms with van der Waals surface area (Å²) in [5.74, 6) is -0.430. The van der Waals surface area contributed by atoms with Gasteiger partial charge in [-0.2, -0.15) is 0 Å². The molecule has 0 unspecified atom stereocenters. The van der Waals surface area contributed by atoms with E-state index in [1.807, 2.05) is 32.9 Å². The van der Waals surface area contributed by atoms with E-state index in [2.05, 4.69) is 9.97 Å². The fraction of sp³-hybridized carbons (Fsp3) is 0.222. The fourth-order valence-corrected chi connectivity index (χ4v) is 2.49. The number of imidazole rings is 1. The second kappa shape index (κ2) is 6.03.